The molecule has 21 heavy (non-hydrogen) atoms. The van der Waals surface area contributed by atoms with Gasteiger partial charge in [0, 0.05) is 31.6 Å². The van der Waals surface area contributed by atoms with E-state index in [0.717, 1.165) is 43.7 Å². The number of aliphatic hydroxyl groups excluding tert-OH is 1. The van der Waals surface area contributed by atoms with Crippen molar-refractivity contribution in [2.75, 3.05) is 25.0 Å². The van der Waals surface area contributed by atoms with E-state index in [2.05, 4.69) is 17.3 Å². The Hall–Kier alpha value is -1.56. The summed E-state index contributed by atoms with van der Waals surface area (Å²) in [6, 6.07) is 1.82. The molecule has 1 saturated heterocycles. The van der Waals surface area contributed by atoms with Gasteiger partial charge in [-0.3, -0.25) is 10.00 Å². The molecule has 118 valence electrons. The van der Waals surface area contributed by atoms with Gasteiger partial charge >= 0.3 is 6.03 Å². The minimum absolute atomic E-state index is 0.111. The number of rotatable bonds is 4. The molecule has 1 aromatic rings. The van der Waals surface area contributed by atoms with Crippen molar-refractivity contribution in [1.29, 1.82) is 0 Å². The molecule has 2 rings (SSSR count). The number of aromatic nitrogens is 2. The van der Waals surface area contributed by atoms with Crippen molar-refractivity contribution in [3.05, 3.63) is 11.8 Å². The fraction of sp³-hybridized carbons (Fsp3) is 0.733. The number of urea groups is 1. The number of anilines is 1. The number of aliphatic hydroxyl groups is 1. The van der Waals surface area contributed by atoms with Crippen molar-refractivity contribution in [1.82, 2.24) is 14.7 Å². The summed E-state index contributed by atoms with van der Waals surface area (Å²) in [5.74, 6) is 0.722. The van der Waals surface area contributed by atoms with Gasteiger partial charge in [0.05, 0.1) is 12.3 Å². The summed E-state index contributed by atoms with van der Waals surface area (Å²) in [5, 5.41) is 16.8. The summed E-state index contributed by atoms with van der Waals surface area (Å²) in [4.78, 5) is 14.2. The molecular weight excluding hydrogens is 268 g/mol. The number of carbonyl (C=O) groups excluding carboxylic acids is 1. The first-order chi connectivity index (χ1) is 9.97. The Kier molecular flexibility index (Phi) is 4.88. The largest absolute Gasteiger partial charge is 0.396 e. The summed E-state index contributed by atoms with van der Waals surface area (Å²) in [6.45, 7) is 5.57. The van der Waals surface area contributed by atoms with Crippen molar-refractivity contribution < 1.29 is 9.90 Å². The first-order valence-corrected chi connectivity index (χ1v) is 7.67. The second-order valence-corrected chi connectivity index (χ2v) is 6.32. The van der Waals surface area contributed by atoms with Gasteiger partial charge < -0.3 is 10.0 Å². The van der Waals surface area contributed by atoms with Crippen LogP contribution >= 0.6 is 0 Å². The van der Waals surface area contributed by atoms with Gasteiger partial charge in [-0.15, -0.1) is 0 Å². The molecule has 0 bridgehead atoms. The second-order valence-electron chi connectivity index (χ2n) is 6.32. The van der Waals surface area contributed by atoms with Crippen molar-refractivity contribution in [3.8, 4) is 0 Å². The molecule has 2 amide bonds. The van der Waals surface area contributed by atoms with Gasteiger partial charge in [-0.1, -0.05) is 20.3 Å². The Labute approximate surface area is 126 Å². The predicted molar refractivity (Wildman–Crippen MR) is 82.2 cm³/mol. The highest BCUT2D eigenvalue weighted by Gasteiger charge is 2.32. The first-order valence-electron chi connectivity index (χ1n) is 7.67. The number of nitrogens with one attached hydrogen (secondary N) is 1. The molecule has 0 saturated carbocycles. The molecule has 0 radical (unpaired) electrons. The van der Waals surface area contributed by atoms with Gasteiger partial charge in [0.1, 0.15) is 5.82 Å². The zero-order valence-electron chi connectivity index (χ0n) is 13.2. The number of piperidine rings is 1. The predicted octanol–water partition coefficient (Wildman–Crippen LogP) is 2.00. The highest BCUT2D eigenvalue weighted by Crippen LogP contribution is 2.29. The van der Waals surface area contributed by atoms with E-state index in [4.69, 9.17) is 0 Å². The average molecular weight is 294 g/mol. The molecule has 1 aromatic heterocycles. The lowest BCUT2D eigenvalue weighted by Gasteiger charge is -2.39. The summed E-state index contributed by atoms with van der Waals surface area (Å²) in [7, 11) is 1.84. The van der Waals surface area contributed by atoms with Crippen LogP contribution in [0.15, 0.2) is 6.07 Å². The molecule has 0 aliphatic carbocycles. The van der Waals surface area contributed by atoms with Crippen LogP contribution in [0, 0.1) is 5.41 Å². The van der Waals surface area contributed by atoms with Crippen LogP contribution in [0.5, 0.6) is 0 Å². The fourth-order valence-electron chi connectivity index (χ4n) is 2.83. The maximum Gasteiger partial charge on any atom is 0.323 e. The van der Waals surface area contributed by atoms with Crippen molar-refractivity contribution in [2.45, 2.75) is 39.5 Å². The van der Waals surface area contributed by atoms with Crippen molar-refractivity contribution in [3.63, 3.8) is 0 Å². The Morgan fingerprint density at radius 1 is 1.57 bits per heavy atom. The molecule has 0 spiro atoms. The smallest absolute Gasteiger partial charge is 0.323 e. The van der Waals surface area contributed by atoms with Crippen LogP contribution in [-0.4, -0.2) is 45.5 Å². The Morgan fingerprint density at radius 3 is 3.00 bits per heavy atom. The molecule has 1 aliphatic heterocycles. The third-order valence-electron chi connectivity index (χ3n) is 4.12. The lowest BCUT2D eigenvalue weighted by atomic mass is 9.83. The number of amides is 2. The van der Waals surface area contributed by atoms with E-state index >= 15 is 0 Å². The zero-order valence-corrected chi connectivity index (χ0v) is 13.2. The molecule has 1 fully saturated rings. The van der Waals surface area contributed by atoms with Crippen LogP contribution in [0.1, 0.15) is 38.8 Å². The molecule has 1 aliphatic rings. The van der Waals surface area contributed by atoms with Crippen LogP contribution < -0.4 is 5.32 Å². The van der Waals surface area contributed by atoms with E-state index < -0.39 is 0 Å². The van der Waals surface area contributed by atoms with E-state index in [0.29, 0.717) is 6.54 Å². The lowest BCUT2D eigenvalue weighted by Crippen LogP contribution is -2.48. The molecule has 6 nitrogen and oxygen atoms in total. The van der Waals surface area contributed by atoms with Crippen molar-refractivity contribution >= 4 is 11.8 Å². The summed E-state index contributed by atoms with van der Waals surface area (Å²) in [6.07, 6.45) is 3.83. The minimum atomic E-state index is -0.185. The SMILES string of the molecule is CCCc1cc(NC(=O)N2CCCC(C)(CO)C2)n(C)n1. The minimum Gasteiger partial charge on any atom is -0.396 e. The average Bonchev–Trinajstić information content (AvgIpc) is 2.79. The summed E-state index contributed by atoms with van der Waals surface area (Å²) in [5.41, 5.74) is 0.809. The van der Waals surface area contributed by atoms with Crippen LogP contribution in [-0.2, 0) is 13.5 Å². The maximum absolute atomic E-state index is 12.4. The van der Waals surface area contributed by atoms with Crippen molar-refractivity contribution in [2.24, 2.45) is 12.5 Å². The highest BCUT2D eigenvalue weighted by atomic mass is 16.3. The fourth-order valence-corrected chi connectivity index (χ4v) is 2.83. The molecular formula is C15H26N4O2. The van der Waals surface area contributed by atoms with Gasteiger partial charge in [0.25, 0.3) is 0 Å². The Balaban J connectivity index is 2.01. The number of likely N-dealkylation sites (tertiary alicyclic amines) is 1. The van der Waals surface area contributed by atoms with Gasteiger partial charge in [0.2, 0.25) is 0 Å². The molecule has 2 N–H and O–H groups in total. The standard InChI is InChI=1S/C15H26N4O2/c1-4-6-12-9-13(18(3)17-12)16-14(21)19-8-5-7-15(2,10-19)11-20/h9,20H,4-8,10-11H2,1-3H3,(H,16,21). The van der Waals surface area contributed by atoms with Gasteiger partial charge in [0.15, 0.2) is 0 Å². The molecule has 0 aromatic carbocycles. The van der Waals surface area contributed by atoms with Crippen LogP contribution in [0.3, 0.4) is 0 Å². The van der Waals surface area contributed by atoms with E-state index in [-0.39, 0.29) is 18.1 Å². The number of aryl methyl sites for hydroxylation is 2. The third-order valence-corrected chi connectivity index (χ3v) is 4.12. The Bertz CT molecular complexity index is 500. The quantitative estimate of drug-likeness (QED) is 0.892. The lowest BCUT2D eigenvalue weighted by molar-refractivity contribution is 0.0648. The Morgan fingerprint density at radius 2 is 2.33 bits per heavy atom. The van der Waals surface area contributed by atoms with E-state index in [9.17, 15) is 9.90 Å². The molecule has 2 heterocycles. The van der Waals surface area contributed by atoms with E-state index in [1.165, 1.54) is 0 Å². The second kappa shape index (κ2) is 6.47. The van der Waals surface area contributed by atoms with Gasteiger partial charge in [-0.25, -0.2) is 4.79 Å². The number of carbonyl (C=O) groups is 1. The normalized spacial score (nSPS) is 22.4. The third kappa shape index (κ3) is 3.75. The maximum atomic E-state index is 12.4. The van der Waals surface area contributed by atoms with E-state index in [1.54, 1.807) is 9.58 Å². The topological polar surface area (TPSA) is 70.4 Å². The van der Waals surface area contributed by atoms with E-state index in [1.807, 2.05) is 20.0 Å². The molecule has 1 atom stereocenters. The molecule has 6 heteroatoms. The zero-order chi connectivity index (χ0) is 15.5. The van der Waals surface area contributed by atoms with Crippen LogP contribution in [0.4, 0.5) is 10.6 Å². The highest BCUT2D eigenvalue weighted by molar-refractivity contribution is 5.88. The molecule has 1 unspecified atom stereocenters. The summed E-state index contributed by atoms with van der Waals surface area (Å²) >= 11 is 0. The van der Waals surface area contributed by atoms with Gasteiger partial charge in [-0.2, -0.15) is 5.10 Å². The monoisotopic (exact) mass is 294 g/mol. The number of nitrogens with zero attached hydrogens (tertiary/aromatic N) is 3. The van der Waals surface area contributed by atoms with Crippen LogP contribution in [0.2, 0.25) is 0 Å². The number of hydrogen-bond acceptors (Lipinski definition) is 3. The van der Waals surface area contributed by atoms with Gasteiger partial charge in [-0.05, 0) is 19.3 Å². The number of hydrogen-bond donors (Lipinski definition) is 2. The first kappa shape index (κ1) is 15.8. The van der Waals surface area contributed by atoms with Crippen LogP contribution in [0.25, 0.3) is 0 Å². The summed E-state index contributed by atoms with van der Waals surface area (Å²) < 4.78 is 1.71.